The van der Waals surface area contributed by atoms with E-state index in [9.17, 15) is 9.59 Å². The van der Waals surface area contributed by atoms with E-state index in [2.05, 4.69) is 9.97 Å². The van der Waals surface area contributed by atoms with Crippen LogP contribution in [0.4, 0.5) is 0 Å². The molecule has 0 unspecified atom stereocenters. The van der Waals surface area contributed by atoms with Crippen LogP contribution in [0.15, 0.2) is 10.2 Å². The molecule has 0 fully saturated rings. The number of carbonyl (C=O) groups excluding carboxylic acids is 1. The van der Waals surface area contributed by atoms with Crippen molar-refractivity contribution in [3.05, 3.63) is 42.7 Å². The standard InChI is InChI=1S/C17H17N3O3S2/c1-3-12-18-10(8-24-12)7-23-17(22)14-9(2)13-15(25-14)19-11-5-4-6-20(11)16(13)21/h8H,3-7H2,1-2H3. The van der Waals surface area contributed by atoms with Gasteiger partial charge >= 0.3 is 5.97 Å². The largest absolute Gasteiger partial charge is 0.455 e. The van der Waals surface area contributed by atoms with Crippen molar-refractivity contribution >= 4 is 38.9 Å². The first-order valence-electron chi connectivity index (χ1n) is 8.21. The van der Waals surface area contributed by atoms with Crippen LogP contribution in [0.2, 0.25) is 0 Å². The summed E-state index contributed by atoms with van der Waals surface area (Å²) in [5.74, 6) is 0.393. The Morgan fingerprint density at radius 1 is 1.40 bits per heavy atom. The van der Waals surface area contributed by atoms with Crippen LogP contribution in [0.5, 0.6) is 0 Å². The number of carbonyl (C=O) groups is 1. The van der Waals surface area contributed by atoms with Crippen LogP contribution < -0.4 is 5.56 Å². The normalized spacial score (nSPS) is 13.4. The first kappa shape index (κ1) is 16.4. The second-order valence-electron chi connectivity index (χ2n) is 5.99. The Balaban J connectivity index is 1.62. The Bertz CT molecular complexity index is 1030. The second kappa shape index (κ2) is 6.34. The minimum Gasteiger partial charge on any atom is -0.455 e. The number of aryl methyl sites for hydroxylation is 3. The van der Waals surface area contributed by atoms with Crippen LogP contribution in [-0.4, -0.2) is 20.5 Å². The van der Waals surface area contributed by atoms with E-state index < -0.39 is 5.97 Å². The number of hydrogen-bond acceptors (Lipinski definition) is 7. The van der Waals surface area contributed by atoms with Gasteiger partial charge in [0.15, 0.2) is 0 Å². The molecule has 0 radical (unpaired) electrons. The lowest BCUT2D eigenvalue weighted by Gasteiger charge is -2.02. The number of nitrogens with zero attached hydrogens (tertiary/aromatic N) is 3. The van der Waals surface area contributed by atoms with Gasteiger partial charge in [0.25, 0.3) is 5.56 Å². The predicted octanol–water partition coefficient (Wildman–Crippen LogP) is 3.09. The lowest BCUT2D eigenvalue weighted by Crippen LogP contribution is -2.20. The SMILES string of the molecule is CCc1nc(COC(=O)c2sc3nc4n(c(=O)c3c2C)CCC4)cs1. The van der Waals surface area contributed by atoms with Crippen molar-refractivity contribution in [2.75, 3.05) is 0 Å². The van der Waals surface area contributed by atoms with Gasteiger partial charge < -0.3 is 4.74 Å². The van der Waals surface area contributed by atoms with E-state index in [4.69, 9.17) is 4.74 Å². The number of rotatable bonds is 4. The van der Waals surface area contributed by atoms with Gasteiger partial charge in [-0.25, -0.2) is 14.8 Å². The molecule has 130 valence electrons. The van der Waals surface area contributed by atoms with Crippen molar-refractivity contribution in [2.24, 2.45) is 0 Å². The molecule has 3 aromatic rings. The Kier molecular flexibility index (Phi) is 4.16. The van der Waals surface area contributed by atoms with Gasteiger partial charge in [0.05, 0.1) is 16.1 Å². The molecule has 8 heteroatoms. The van der Waals surface area contributed by atoms with E-state index in [-0.39, 0.29) is 12.2 Å². The van der Waals surface area contributed by atoms with Gasteiger partial charge in [-0.15, -0.1) is 22.7 Å². The van der Waals surface area contributed by atoms with Crippen molar-refractivity contribution < 1.29 is 9.53 Å². The Labute approximate surface area is 152 Å². The Morgan fingerprint density at radius 3 is 3.00 bits per heavy atom. The van der Waals surface area contributed by atoms with Gasteiger partial charge in [-0.3, -0.25) is 9.36 Å². The third-order valence-electron chi connectivity index (χ3n) is 4.35. The van der Waals surface area contributed by atoms with Crippen molar-refractivity contribution in [1.29, 1.82) is 0 Å². The van der Waals surface area contributed by atoms with Gasteiger partial charge in [0, 0.05) is 18.3 Å². The number of thiazole rings is 1. The maximum Gasteiger partial charge on any atom is 0.349 e. The molecule has 1 aliphatic heterocycles. The number of ether oxygens (including phenoxy) is 1. The molecule has 0 aromatic carbocycles. The van der Waals surface area contributed by atoms with Crippen LogP contribution in [0, 0.1) is 6.92 Å². The average molecular weight is 375 g/mol. The summed E-state index contributed by atoms with van der Waals surface area (Å²) in [4.78, 5) is 35.2. The lowest BCUT2D eigenvalue weighted by molar-refractivity contribution is 0.0473. The molecular weight excluding hydrogens is 358 g/mol. The molecule has 1 aliphatic rings. The zero-order valence-corrected chi connectivity index (χ0v) is 15.6. The quantitative estimate of drug-likeness (QED) is 0.655. The van der Waals surface area contributed by atoms with E-state index in [0.29, 0.717) is 27.2 Å². The predicted molar refractivity (Wildman–Crippen MR) is 97.5 cm³/mol. The zero-order chi connectivity index (χ0) is 17.6. The van der Waals surface area contributed by atoms with Crippen molar-refractivity contribution in [3.8, 4) is 0 Å². The van der Waals surface area contributed by atoms with Crippen LogP contribution in [0.3, 0.4) is 0 Å². The van der Waals surface area contributed by atoms with Gasteiger partial charge in [0.1, 0.15) is 22.1 Å². The molecule has 6 nitrogen and oxygen atoms in total. The van der Waals surface area contributed by atoms with Gasteiger partial charge in [-0.1, -0.05) is 6.92 Å². The molecule has 3 aromatic heterocycles. The monoisotopic (exact) mass is 375 g/mol. The molecule has 0 spiro atoms. The molecule has 0 saturated heterocycles. The molecule has 0 amide bonds. The molecule has 4 heterocycles. The van der Waals surface area contributed by atoms with Gasteiger partial charge in [-0.05, 0) is 25.3 Å². The maximum atomic E-state index is 12.7. The number of hydrogen-bond donors (Lipinski definition) is 0. The number of fused-ring (bicyclic) bond motifs is 2. The highest BCUT2D eigenvalue weighted by Gasteiger charge is 2.24. The summed E-state index contributed by atoms with van der Waals surface area (Å²) in [5, 5.41) is 3.47. The third kappa shape index (κ3) is 2.79. The first-order valence-corrected chi connectivity index (χ1v) is 9.91. The highest BCUT2D eigenvalue weighted by Crippen LogP contribution is 2.29. The summed E-state index contributed by atoms with van der Waals surface area (Å²) in [6, 6.07) is 0. The van der Waals surface area contributed by atoms with Gasteiger partial charge in [0.2, 0.25) is 0 Å². The summed E-state index contributed by atoms with van der Waals surface area (Å²) in [7, 11) is 0. The lowest BCUT2D eigenvalue weighted by atomic mass is 10.2. The molecular formula is C17H17N3O3S2. The minimum atomic E-state index is -0.420. The zero-order valence-electron chi connectivity index (χ0n) is 14.0. The highest BCUT2D eigenvalue weighted by molar-refractivity contribution is 7.20. The molecule has 4 rings (SSSR count). The van der Waals surface area contributed by atoms with E-state index in [1.54, 1.807) is 22.8 Å². The van der Waals surface area contributed by atoms with Crippen LogP contribution >= 0.6 is 22.7 Å². The van der Waals surface area contributed by atoms with Crippen LogP contribution in [0.25, 0.3) is 10.2 Å². The third-order valence-corrected chi connectivity index (χ3v) is 6.56. The van der Waals surface area contributed by atoms with Crippen LogP contribution in [0.1, 0.15) is 45.1 Å². The maximum absolute atomic E-state index is 12.7. The molecule has 0 N–H and O–H groups in total. The van der Waals surface area contributed by atoms with E-state index >= 15 is 0 Å². The smallest absolute Gasteiger partial charge is 0.349 e. The van der Waals surface area contributed by atoms with Crippen LogP contribution in [-0.2, 0) is 30.7 Å². The number of thiophene rings is 1. The second-order valence-corrected chi connectivity index (χ2v) is 7.93. The summed E-state index contributed by atoms with van der Waals surface area (Å²) in [6.07, 6.45) is 2.63. The highest BCUT2D eigenvalue weighted by atomic mass is 32.1. The average Bonchev–Trinajstić information content (AvgIpc) is 3.31. The Hall–Kier alpha value is -2.06. The molecule has 0 saturated carbocycles. The fourth-order valence-corrected chi connectivity index (χ4v) is 4.87. The molecule has 0 atom stereocenters. The van der Waals surface area contributed by atoms with E-state index in [1.165, 1.54) is 11.3 Å². The summed E-state index contributed by atoms with van der Waals surface area (Å²) < 4.78 is 7.12. The van der Waals surface area contributed by atoms with Crippen molar-refractivity contribution in [3.63, 3.8) is 0 Å². The number of aromatic nitrogens is 3. The molecule has 25 heavy (non-hydrogen) atoms. The summed E-state index contributed by atoms with van der Waals surface area (Å²) in [6.45, 7) is 4.68. The van der Waals surface area contributed by atoms with E-state index in [1.807, 2.05) is 12.3 Å². The topological polar surface area (TPSA) is 74.1 Å². The first-order chi connectivity index (χ1) is 12.1. The molecule has 0 bridgehead atoms. The van der Waals surface area contributed by atoms with Gasteiger partial charge in [-0.2, -0.15) is 0 Å². The van der Waals surface area contributed by atoms with E-state index in [0.717, 1.165) is 35.8 Å². The van der Waals surface area contributed by atoms with Crippen molar-refractivity contribution in [2.45, 2.75) is 46.3 Å². The Morgan fingerprint density at radius 2 is 2.24 bits per heavy atom. The summed E-state index contributed by atoms with van der Waals surface area (Å²) >= 11 is 2.80. The number of esters is 1. The molecule has 0 aliphatic carbocycles. The fourth-order valence-electron chi connectivity index (χ4n) is 3.05. The van der Waals surface area contributed by atoms with Crippen molar-refractivity contribution in [1.82, 2.24) is 14.5 Å². The summed E-state index contributed by atoms with van der Waals surface area (Å²) in [5.41, 5.74) is 1.38. The fraction of sp³-hybridized carbons (Fsp3) is 0.412. The minimum absolute atomic E-state index is 0.0441.